The number of ether oxygens (including phenoxy) is 2. The first-order chi connectivity index (χ1) is 6.19. The quantitative estimate of drug-likeness (QED) is 0.591. The number of amides is 1. The van der Waals surface area contributed by atoms with Gasteiger partial charge in [-0.1, -0.05) is 0 Å². The fourth-order valence-electron chi connectivity index (χ4n) is 1.06. The highest BCUT2D eigenvalue weighted by molar-refractivity contribution is 5.73. The van der Waals surface area contributed by atoms with Crippen LogP contribution < -0.4 is 5.73 Å². The SMILES string of the molecule is CCN1C(=O)OCC1OC(=O)CN. The van der Waals surface area contributed by atoms with Crippen molar-refractivity contribution >= 4 is 12.1 Å². The molecule has 1 fully saturated rings. The highest BCUT2D eigenvalue weighted by atomic mass is 16.6. The van der Waals surface area contributed by atoms with E-state index in [0.717, 1.165) is 0 Å². The minimum Gasteiger partial charge on any atom is -0.443 e. The lowest BCUT2D eigenvalue weighted by molar-refractivity contribution is -0.152. The summed E-state index contributed by atoms with van der Waals surface area (Å²) in [7, 11) is 0. The van der Waals surface area contributed by atoms with Gasteiger partial charge in [0.05, 0.1) is 6.54 Å². The average Bonchev–Trinajstić information content (AvgIpc) is 2.46. The van der Waals surface area contributed by atoms with Gasteiger partial charge >= 0.3 is 12.1 Å². The summed E-state index contributed by atoms with van der Waals surface area (Å²) >= 11 is 0. The molecule has 0 aliphatic carbocycles. The summed E-state index contributed by atoms with van der Waals surface area (Å²) in [6, 6.07) is 0. The summed E-state index contributed by atoms with van der Waals surface area (Å²) in [4.78, 5) is 23.1. The van der Waals surface area contributed by atoms with Crippen LogP contribution in [0.4, 0.5) is 4.79 Å². The summed E-state index contributed by atoms with van der Waals surface area (Å²) in [5.74, 6) is -0.540. The lowest BCUT2D eigenvalue weighted by Gasteiger charge is -2.18. The first-order valence-electron chi connectivity index (χ1n) is 4.02. The van der Waals surface area contributed by atoms with E-state index in [1.165, 1.54) is 4.90 Å². The molecule has 6 heteroatoms. The highest BCUT2D eigenvalue weighted by Crippen LogP contribution is 2.12. The summed E-state index contributed by atoms with van der Waals surface area (Å²) in [5, 5.41) is 0. The van der Waals surface area contributed by atoms with Crippen molar-refractivity contribution in [3.63, 3.8) is 0 Å². The van der Waals surface area contributed by atoms with Gasteiger partial charge in [-0.2, -0.15) is 0 Å². The Hall–Kier alpha value is -1.30. The third-order valence-corrected chi connectivity index (χ3v) is 1.71. The van der Waals surface area contributed by atoms with E-state index in [2.05, 4.69) is 4.74 Å². The summed E-state index contributed by atoms with van der Waals surface area (Å²) < 4.78 is 9.53. The Kier molecular flexibility index (Phi) is 3.07. The predicted molar refractivity (Wildman–Crippen MR) is 42.7 cm³/mol. The fraction of sp³-hybridized carbons (Fsp3) is 0.714. The second-order valence-corrected chi connectivity index (χ2v) is 2.51. The Bertz CT molecular complexity index is 219. The lowest BCUT2D eigenvalue weighted by Crippen LogP contribution is -2.38. The number of nitrogens with two attached hydrogens (primary N) is 1. The van der Waals surface area contributed by atoms with Crippen molar-refractivity contribution in [1.29, 1.82) is 0 Å². The van der Waals surface area contributed by atoms with Crippen LogP contribution >= 0.6 is 0 Å². The Morgan fingerprint density at radius 2 is 2.54 bits per heavy atom. The summed E-state index contributed by atoms with van der Waals surface area (Å²) in [6.07, 6.45) is -1.08. The molecule has 0 aromatic heterocycles. The number of hydrogen-bond acceptors (Lipinski definition) is 5. The van der Waals surface area contributed by atoms with E-state index in [0.29, 0.717) is 6.54 Å². The van der Waals surface area contributed by atoms with Crippen LogP contribution in [0.1, 0.15) is 6.92 Å². The third kappa shape index (κ3) is 2.09. The van der Waals surface area contributed by atoms with Crippen molar-refractivity contribution in [2.24, 2.45) is 5.73 Å². The van der Waals surface area contributed by atoms with Crippen molar-refractivity contribution in [2.45, 2.75) is 13.2 Å². The maximum absolute atomic E-state index is 11.0. The first kappa shape index (κ1) is 9.79. The van der Waals surface area contributed by atoms with Crippen molar-refractivity contribution in [2.75, 3.05) is 19.7 Å². The number of carbonyl (C=O) groups excluding carboxylic acids is 2. The van der Waals surface area contributed by atoms with Crippen LogP contribution in [0.2, 0.25) is 0 Å². The largest absolute Gasteiger partial charge is 0.443 e. The molecule has 0 bridgehead atoms. The molecule has 74 valence electrons. The van der Waals surface area contributed by atoms with Crippen molar-refractivity contribution in [3.8, 4) is 0 Å². The van der Waals surface area contributed by atoms with Crippen molar-refractivity contribution in [1.82, 2.24) is 4.90 Å². The van der Waals surface area contributed by atoms with E-state index >= 15 is 0 Å². The molecule has 0 saturated carbocycles. The van der Waals surface area contributed by atoms with Crippen molar-refractivity contribution < 1.29 is 19.1 Å². The molecule has 1 heterocycles. The molecule has 1 atom stereocenters. The van der Waals surface area contributed by atoms with Gasteiger partial charge in [0, 0.05) is 6.54 Å². The molecular formula is C7H12N2O4. The first-order valence-corrected chi connectivity index (χ1v) is 4.02. The molecule has 0 spiro atoms. The minimum absolute atomic E-state index is 0.0818. The van der Waals surface area contributed by atoms with Crippen LogP contribution in [0, 0.1) is 0 Å². The molecular weight excluding hydrogens is 176 g/mol. The van der Waals surface area contributed by atoms with Gasteiger partial charge in [0.1, 0.15) is 6.61 Å². The van der Waals surface area contributed by atoms with E-state index in [9.17, 15) is 9.59 Å². The molecule has 1 aliphatic heterocycles. The van der Waals surface area contributed by atoms with Crippen LogP contribution in [0.5, 0.6) is 0 Å². The van der Waals surface area contributed by atoms with E-state index in [1.54, 1.807) is 6.92 Å². The Morgan fingerprint density at radius 1 is 1.85 bits per heavy atom. The van der Waals surface area contributed by atoms with Crippen molar-refractivity contribution in [3.05, 3.63) is 0 Å². The highest BCUT2D eigenvalue weighted by Gasteiger charge is 2.34. The third-order valence-electron chi connectivity index (χ3n) is 1.71. The molecule has 1 saturated heterocycles. The number of hydrogen-bond donors (Lipinski definition) is 1. The normalized spacial score (nSPS) is 21.5. The van der Waals surface area contributed by atoms with Gasteiger partial charge in [-0.25, -0.2) is 4.79 Å². The van der Waals surface area contributed by atoms with Crippen LogP contribution in [0.15, 0.2) is 0 Å². The smallest absolute Gasteiger partial charge is 0.412 e. The summed E-state index contributed by atoms with van der Waals surface area (Å²) in [5.41, 5.74) is 5.05. The van der Waals surface area contributed by atoms with Gasteiger partial charge in [0.25, 0.3) is 0 Å². The second-order valence-electron chi connectivity index (χ2n) is 2.51. The van der Waals surface area contributed by atoms with Crippen LogP contribution in [0.3, 0.4) is 0 Å². The molecule has 0 aromatic carbocycles. The van der Waals surface area contributed by atoms with Gasteiger partial charge in [0.15, 0.2) is 0 Å². The standard InChI is InChI=1S/C7H12N2O4/c1-2-9-5(4-12-7(9)11)13-6(10)3-8/h5H,2-4,8H2,1H3. The zero-order valence-electron chi connectivity index (χ0n) is 7.36. The van der Waals surface area contributed by atoms with E-state index in [4.69, 9.17) is 10.5 Å². The average molecular weight is 188 g/mol. The maximum Gasteiger partial charge on any atom is 0.412 e. The van der Waals surface area contributed by atoms with Crippen LogP contribution in [-0.2, 0) is 14.3 Å². The van der Waals surface area contributed by atoms with Crippen LogP contribution in [0.25, 0.3) is 0 Å². The fourth-order valence-corrected chi connectivity index (χ4v) is 1.06. The number of rotatable bonds is 3. The summed E-state index contributed by atoms with van der Waals surface area (Å²) in [6.45, 7) is 2.11. The van der Waals surface area contributed by atoms with Gasteiger partial charge < -0.3 is 15.2 Å². The number of nitrogens with zero attached hydrogens (tertiary/aromatic N) is 1. The molecule has 0 radical (unpaired) electrons. The second kappa shape index (κ2) is 4.08. The minimum atomic E-state index is -0.617. The number of cyclic esters (lactones) is 1. The number of esters is 1. The Labute approximate surface area is 75.6 Å². The van der Waals surface area contributed by atoms with Gasteiger partial charge in [-0.15, -0.1) is 0 Å². The maximum atomic E-state index is 11.0. The van der Waals surface area contributed by atoms with E-state index in [-0.39, 0.29) is 13.2 Å². The molecule has 1 rings (SSSR count). The molecule has 0 aromatic rings. The zero-order chi connectivity index (χ0) is 9.84. The van der Waals surface area contributed by atoms with Crippen LogP contribution in [-0.4, -0.2) is 42.9 Å². The van der Waals surface area contributed by atoms with Gasteiger partial charge in [-0.3, -0.25) is 9.69 Å². The molecule has 1 aliphatic rings. The number of carbonyl (C=O) groups is 2. The zero-order valence-corrected chi connectivity index (χ0v) is 7.36. The molecule has 1 unspecified atom stereocenters. The van der Waals surface area contributed by atoms with Gasteiger partial charge in [0.2, 0.25) is 6.23 Å². The molecule has 6 nitrogen and oxygen atoms in total. The van der Waals surface area contributed by atoms with E-state index < -0.39 is 18.3 Å². The molecule has 13 heavy (non-hydrogen) atoms. The predicted octanol–water partition coefficient (Wildman–Crippen LogP) is -0.713. The Balaban J connectivity index is 2.50. The monoisotopic (exact) mass is 188 g/mol. The van der Waals surface area contributed by atoms with Gasteiger partial charge in [-0.05, 0) is 6.92 Å². The van der Waals surface area contributed by atoms with E-state index in [1.807, 2.05) is 0 Å². The number of likely N-dealkylation sites (N-methyl/N-ethyl adjacent to an activating group) is 1. The molecule has 2 N–H and O–H groups in total. The Morgan fingerprint density at radius 3 is 3.08 bits per heavy atom. The lowest BCUT2D eigenvalue weighted by atomic mass is 10.5. The topological polar surface area (TPSA) is 81.9 Å². The molecule has 1 amide bonds.